The molecule has 0 fully saturated rings. The topological polar surface area (TPSA) is 103 Å². The average Bonchev–Trinajstić information content (AvgIpc) is 2.69. The summed E-state index contributed by atoms with van der Waals surface area (Å²) >= 11 is 0. The summed E-state index contributed by atoms with van der Waals surface area (Å²) in [6, 6.07) is 13.4. The van der Waals surface area contributed by atoms with Crippen LogP contribution >= 0.6 is 0 Å². The Morgan fingerprint density at radius 2 is 1.46 bits per heavy atom. The molecule has 8 nitrogen and oxygen atoms in total. The van der Waals surface area contributed by atoms with E-state index in [0.717, 1.165) is 5.75 Å². The van der Waals surface area contributed by atoms with Crippen LogP contribution in [0.25, 0.3) is 0 Å². The number of esters is 1. The van der Waals surface area contributed by atoms with Crippen LogP contribution in [0.15, 0.2) is 48.5 Å². The summed E-state index contributed by atoms with van der Waals surface area (Å²) in [5.74, 6) is -0.668. The molecule has 2 aromatic rings. The molecule has 8 heteroatoms. The van der Waals surface area contributed by atoms with Crippen LogP contribution in [0.5, 0.6) is 5.75 Å². The van der Waals surface area contributed by atoms with Gasteiger partial charge in [-0.05, 0) is 55.5 Å². The highest BCUT2D eigenvalue weighted by Crippen LogP contribution is 2.17. The van der Waals surface area contributed by atoms with Gasteiger partial charge in [-0.3, -0.25) is 9.59 Å². The van der Waals surface area contributed by atoms with Crippen LogP contribution in [0.2, 0.25) is 0 Å². The van der Waals surface area contributed by atoms with Crippen molar-refractivity contribution in [2.45, 2.75) is 6.92 Å². The first kappa shape index (κ1) is 20.9. The van der Waals surface area contributed by atoms with Crippen molar-refractivity contribution in [1.82, 2.24) is 0 Å². The number of amides is 2. The van der Waals surface area contributed by atoms with E-state index in [9.17, 15) is 14.4 Å². The molecule has 0 atom stereocenters. The number of hydrogen-bond acceptors (Lipinski definition) is 6. The van der Waals surface area contributed by atoms with Crippen molar-refractivity contribution < 1.29 is 28.6 Å². The molecular formula is C20H22N2O6. The lowest BCUT2D eigenvalue weighted by Gasteiger charge is -2.09. The molecule has 0 aliphatic carbocycles. The molecule has 2 N–H and O–H groups in total. The molecule has 2 aromatic carbocycles. The number of anilines is 2. The minimum absolute atomic E-state index is 0.217. The van der Waals surface area contributed by atoms with E-state index in [1.54, 1.807) is 48.5 Å². The van der Waals surface area contributed by atoms with Gasteiger partial charge in [-0.1, -0.05) is 0 Å². The molecule has 0 unspecified atom stereocenters. The highest BCUT2D eigenvalue weighted by Gasteiger charge is 2.09. The van der Waals surface area contributed by atoms with Crippen molar-refractivity contribution >= 4 is 29.2 Å². The van der Waals surface area contributed by atoms with E-state index in [0.29, 0.717) is 23.5 Å². The summed E-state index contributed by atoms with van der Waals surface area (Å²) < 4.78 is 14.7. The van der Waals surface area contributed by atoms with Crippen LogP contribution in [0.3, 0.4) is 0 Å². The number of carbonyl (C=O) groups excluding carboxylic acids is 3. The van der Waals surface area contributed by atoms with Crippen LogP contribution < -0.4 is 15.4 Å². The summed E-state index contributed by atoms with van der Waals surface area (Å²) in [5, 5.41) is 5.35. The standard InChI is InChI=1S/C20H22N2O6/c1-3-27-17-10-8-16(9-11-17)22-20(25)14-4-6-15(7-5-14)21-18(23)12-28-19(24)13-26-2/h4-11H,3,12-13H2,1-2H3,(H,21,23)(H,22,25). The van der Waals surface area contributed by atoms with Crippen molar-refractivity contribution in [2.75, 3.05) is 37.6 Å². The van der Waals surface area contributed by atoms with Gasteiger partial charge < -0.3 is 24.8 Å². The number of hydrogen-bond donors (Lipinski definition) is 2. The highest BCUT2D eigenvalue weighted by molar-refractivity contribution is 6.04. The van der Waals surface area contributed by atoms with Crippen LogP contribution in [0, 0.1) is 0 Å². The van der Waals surface area contributed by atoms with Crippen LogP contribution in [0.1, 0.15) is 17.3 Å². The Balaban J connectivity index is 1.86. The third kappa shape index (κ3) is 6.73. The van der Waals surface area contributed by atoms with E-state index >= 15 is 0 Å². The average molecular weight is 386 g/mol. The largest absolute Gasteiger partial charge is 0.494 e. The Labute approximate surface area is 162 Å². The van der Waals surface area contributed by atoms with Gasteiger partial charge in [-0.2, -0.15) is 0 Å². The first-order valence-corrected chi connectivity index (χ1v) is 8.60. The number of nitrogens with one attached hydrogen (secondary N) is 2. The maximum atomic E-state index is 12.3. The predicted octanol–water partition coefficient (Wildman–Crippen LogP) is 2.47. The number of ether oxygens (including phenoxy) is 3. The minimum Gasteiger partial charge on any atom is -0.494 e. The van der Waals surface area contributed by atoms with Crippen molar-refractivity contribution in [3.8, 4) is 5.75 Å². The molecular weight excluding hydrogens is 364 g/mol. The zero-order chi connectivity index (χ0) is 20.4. The number of rotatable bonds is 9. The molecule has 0 aromatic heterocycles. The smallest absolute Gasteiger partial charge is 0.332 e. The fourth-order valence-electron chi connectivity index (χ4n) is 2.21. The third-order valence-electron chi connectivity index (χ3n) is 3.48. The number of carbonyl (C=O) groups is 3. The lowest BCUT2D eigenvalue weighted by atomic mass is 10.2. The van der Waals surface area contributed by atoms with Gasteiger partial charge in [0.2, 0.25) is 0 Å². The van der Waals surface area contributed by atoms with Crippen molar-refractivity contribution in [2.24, 2.45) is 0 Å². The second kappa shape index (κ2) is 10.7. The Morgan fingerprint density at radius 3 is 2.07 bits per heavy atom. The first-order chi connectivity index (χ1) is 13.5. The zero-order valence-electron chi connectivity index (χ0n) is 15.7. The molecule has 148 valence electrons. The quantitative estimate of drug-likeness (QED) is 0.642. The Bertz CT molecular complexity index is 802. The van der Waals surface area contributed by atoms with Gasteiger partial charge in [0.1, 0.15) is 12.4 Å². The summed E-state index contributed by atoms with van der Waals surface area (Å²) in [7, 11) is 1.36. The van der Waals surface area contributed by atoms with Crippen LogP contribution in [-0.4, -0.2) is 44.7 Å². The van der Waals surface area contributed by atoms with E-state index in [4.69, 9.17) is 9.47 Å². The molecule has 0 spiro atoms. The molecule has 28 heavy (non-hydrogen) atoms. The lowest BCUT2D eigenvalue weighted by molar-refractivity contribution is -0.150. The van der Waals surface area contributed by atoms with Gasteiger partial charge in [-0.15, -0.1) is 0 Å². The van der Waals surface area contributed by atoms with E-state index < -0.39 is 18.5 Å². The molecule has 0 saturated carbocycles. The van der Waals surface area contributed by atoms with Crippen molar-refractivity contribution in [3.05, 3.63) is 54.1 Å². The second-order valence-electron chi connectivity index (χ2n) is 5.63. The Morgan fingerprint density at radius 1 is 0.857 bits per heavy atom. The molecule has 0 bridgehead atoms. The SMILES string of the molecule is CCOc1ccc(NC(=O)c2ccc(NC(=O)COC(=O)COC)cc2)cc1. The molecule has 2 amide bonds. The van der Waals surface area contributed by atoms with Gasteiger partial charge in [-0.25, -0.2) is 4.79 Å². The molecule has 0 aliphatic heterocycles. The normalized spacial score (nSPS) is 10.1. The van der Waals surface area contributed by atoms with E-state index in [2.05, 4.69) is 15.4 Å². The molecule has 0 radical (unpaired) electrons. The van der Waals surface area contributed by atoms with Gasteiger partial charge in [0.25, 0.3) is 11.8 Å². The summed E-state index contributed by atoms with van der Waals surface area (Å²) in [4.78, 5) is 35.2. The Kier molecular flexibility index (Phi) is 7.98. The second-order valence-corrected chi connectivity index (χ2v) is 5.63. The molecule has 0 aliphatic rings. The summed E-state index contributed by atoms with van der Waals surface area (Å²) in [6.07, 6.45) is 0. The number of benzene rings is 2. The third-order valence-corrected chi connectivity index (χ3v) is 3.48. The van der Waals surface area contributed by atoms with Gasteiger partial charge in [0, 0.05) is 24.0 Å². The van der Waals surface area contributed by atoms with E-state index in [1.807, 2.05) is 6.92 Å². The number of methoxy groups -OCH3 is 1. The molecule has 2 rings (SSSR count). The lowest BCUT2D eigenvalue weighted by Crippen LogP contribution is -2.22. The highest BCUT2D eigenvalue weighted by atomic mass is 16.6. The monoisotopic (exact) mass is 386 g/mol. The van der Waals surface area contributed by atoms with E-state index in [1.165, 1.54) is 7.11 Å². The van der Waals surface area contributed by atoms with Crippen molar-refractivity contribution in [3.63, 3.8) is 0 Å². The maximum Gasteiger partial charge on any atom is 0.332 e. The first-order valence-electron chi connectivity index (χ1n) is 8.60. The summed E-state index contributed by atoms with van der Waals surface area (Å²) in [6.45, 7) is 1.84. The molecule has 0 heterocycles. The summed E-state index contributed by atoms with van der Waals surface area (Å²) in [5.41, 5.74) is 1.55. The Hall–Kier alpha value is -3.39. The molecule has 0 saturated heterocycles. The fraction of sp³-hybridized carbons (Fsp3) is 0.250. The maximum absolute atomic E-state index is 12.3. The van der Waals surface area contributed by atoms with Gasteiger partial charge in [0.05, 0.1) is 6.61 Å². The van der Waals surface area contributed by atoms with Gasteiger partial charge >= 0.3 is 5.97 Å². The predicted molar refractivity (Wildman–Crippen MR) is 103 cm³/mol. The minimum atomic E-state index is -0.626. The zero-order valence-corrected chi connectivity index (χ0v) is 15.7. The van der Waals surface area contributed by atoms with Crippen LogP contribution in [-0.2, 0) is 19.1 Å². The van der Waals surface area contributed by atoms with E-state index in [-0.39, 0.29) is 12.5 Å². The van der Waals surface area contributed by atoms with Gasteiger partial charge in [0.15, 0.2) is 6.61 Å². The fourth-order valence-corrected chi connectivity index (χ4v) is 2.21. The van der Waals surface area contributed by atoms with Crippen LogP contribution in [0.4, 0.5) is 11.4 Å². The van der Waals surface area contributed by atoms with Crippen molar-refractivity contribution in [1.29, 1.82) is 0 Å².